The van der Waals surface area contributed by atoms with Gasteiger partial charge in [-0.05, 0) is 43.4 Å². The first-order valence-electron chi connectivity index (χ1n) is 8.58. The van der Waals surface area contributed by atoms with E-state index in [1.807, 2.05) is 6.08 Å². The van der Waals surface area contributed by atoms with Crippen molar-refractivity contribution in [2.75, 3.05) is 0 Å². The molecule has 1 saturated carbocycles. The Bertz CT molecular complexity index is 607. The molecule has 6 atom stereocenters. The predicted molar refractivity (Wildman–Crippen MR) is 85.3 cm³/mol. The fourth-order valence-corrected chi connectivity index (χ4v) is 5.88. The fourth-order valence-electron chi connectivity index (χ4n) is 5.88. The highest BCUT2D eigenvalue weighted by Crippen LogP contribution is 2.64. The van der Waals surface area contributed by atoms with Crippen molar-refractivity contribution in [3.8, 4) is 0 Å². The molecule has 0 amide bonds. The number of fused-ring (bicyclic) bond motifs is 5. The van der Waals surface area contributed by atoms with Crippen LogP contribution in [-0.4, -0.2) is 11.2 Å². The summed E-state index contributed by atoms with van der Waals surface area (Å²) < 4.78 is 14.2. The van der Waals surface area contributed by atoms with Crippen LogP contribution in [0.5, 0.6) is 0 Å². The Morgan fingerprint density at radius 1 is 1.27 bits per heavy atom. The van der Waals surface area contributed by atoms with Gasteiger partial charge in [0, 0.05) is 22.9 Å². The molecule has 0 radical (unpaired) electrons. The van der Waals surface area contributed by atoms with Crippen LogP contribution >= 0.6 is 0 Å². The third-order valence-electron chi connectivity index (χ3n) is 7.33. The third kappa shape index (κ3) is 1.69. The molecule has 0 saturated heterocycles. The quantitative estimate of drug-likeness (QED) is 0.668. The van der Waals surface area contributed by atoms with Crippen LogP contribution in [0.2, 0.25) is 0 Å². The van der Waals surface area contributed by atoms with Crippen molar-refractivity contribution < 1.29 is 9.50 Å². The molecule has 3 N–H and O–H groups in total. The number of hydrogen-bond donors (Lipinski definition) is 2. The summed E-state index contributed by atoms with van der Waals surface area (Å²) in [7, 11) is 0. The molecular formula is C19H26FNO. The summed E-state index contributed by atoms with van der Waals surface area (Å²) in [5.74, 6) is 1.32. The van der Waals surface area contributed by atoms with E-state index in [-0.39, 0.29) is 22.8 Å². The van der Waals surface area contributed by atoms with E-state index in [2.05, 4.69) is 26.0 Å². The highest BCUT2D eigenvalue weighted by Gasteiger charge is 2.57. The van der Waals surface area contributed by atoms with Crippen LogP contribution in [0.1, 0.15) is 46.0 Å². The maximum Gasteiger partial charge on any atom is 0.119 e. The van der Waals surface area contributed by atoms with Crippen molar-refractivity contribution >= 4 is 0 Å². The monoisotopic (exact) mass is 303 g/mol. The second kappa shape index (κ2) is 4.47. The van der Waals surface area contributed by atoms with Crippen LogP contribution in [-0.2, 0) is 0 Å². The fraction of sp³-hybridized carbons (Fsp3) is 0.684. The Balaban J connectivity index is 1.72. The zero-order chi connectivity index (χ0) is 15.7. The summed E-state index contributed by atoms with van der Waals surface area (Å²) in [6, 6.07) is 0. The smallest absolute Gasteiger partial charge is 0.119 e. The van der Waals surface area contributed by atoms with Gasteiger partial charge in [0.15, 0.2) is 0 Å². The zero-order valence-electron chi connectivity index (χ0n) is 13.5. The maximum atomic E-state index is 14.2. The average molecular weight is 303 g/mol. The van der Waals surface area contributed by atoms with Crippen LogP contribution in [0.3, 0.4) is 0 Å². The van der Waals surface area contributed by atoms with Crippen molar-refractivity contribution in [3.63, 3.8) is 0 Å². The second-order valence-corrected chi connectivity index (χ2v) is 8.23. The molecule has 22 heavy (non-hydrogen) atoms. The topological polar surface area (TPSA) is 46.2 Å². The van der Waals surface area contributed by atoms with Gasteiger partial charge in [-0.25, -0.2) is 4.39 Å². The van der Waals surface area contributed by atoms with Crippen molar-refractivity contribution in [1.29, 1.82) is 0 Å². The predicted octanol–water partition coefficient (Wildman–Crippen LogP) is 3.84. The molecule has 0 aliphatic heterocycles. The first-order valence-corrected chi connectivity index (χ1v) is 8.58. The highest BCUT2D eigenvalue weighted by molar-refractivity contribution is 5.35. The second-order valence-electron chi connectivity index (χ2n) is 8.23. The summed E-state index contributed by atoms with van der Waals surface area (Å²) >= 11 is 0. The van der Waals surface area contributed by atoms with Gasteiger partial charge in [0.2, 0.25) is 0 Å². The molecule has 0 heterocycles. The summed E-state index contributed by atoms with van der Waals surface area (Å²) in [5.41, 5.74) is 7.91. The van der Waals surface area contributed by atoms with Gasteiger partial charge in [-0.3, -0.25) is 0 Å². The Morgan fingerprint density at radius 3 is 2.82 bits per heavy atom. The van der Waals surface area contributed by atoms with Crippen LogP contribution in [0.25, 0.3) is 0 Å². The van der Waals surface area contributed by atoms with Crippen LogP contribution in [0.4, 0.5) is 4.39 Å². The van der Waals surface area contributed by atoms with E-state index in [0.29, 0.717) is 29.9 Å². The van der Waals surface area contributed by atoms with E-state index in [1.54, 1.807) is 0 Å². The van der Waals surface area contributed by atoms with Crippen LogP contribution in [0.15, 0.2) is 35.3 Å². The van der Waals surface area contributed by atoms with Gasteiger partial charge in [-0.2, -0.15) is 0 Å². The Labute approximate surface area is 132 Å². The summed E-state index contributed by atoms with van der Waals surface area (Å²) in [6.45, 7) is 4.47. The first-order chi connectivity index (χ1) is 10.4. The number of nitrogens with two attached hydrogens (primary N) is 1. The molecule has 4 rings (SSSR count). The van der Waals surface area contributed by atoms with E-state index in [0.717, 1.165) is 25.7 Å². The lowest BCUT2D eigenvalue weighted by Crippen LogP contribution is -2.49. The van der Waals surface area contributed by atoms with E-state index in [1.165, 1.54) is 5.57 Å². The zero-order valence-corrected chi connectivity index (χ0v) is 13.5. The number of halogens is 1. The van der Waals surface area contributed by atoms with Crippen molar-refractivity contribution in [3.05, 3.63) is 35.3 Å². The largest absolute Gasteiger partial charge is 0.400 e. The molecule has 0 bridgehead atoms. The molecule has 120 valence electrons. The van der Waals surface area contributed by atoms with Gasteiger partial charge < -0.3 is 10.8 Å². The lowest BCUT2D eigenvalue weighted by atomic mass is 9.49. The van der Waals surface area contributed by atoms with Crippen molar-refractivity contribution in [1.82, 2.24) is 0 Å². The van der Waals surface area contributed by atoms with E-state index < -0.39 is 0 Å². The molecule has 3 heteroatoms. The molecule has 0 spiro atoms. The number of allylic oxidation sites excluding steroid dienone is 4. The van der Waals surface area contributed by atoms with Gasteiger partial charge in [0.25, 0.3) is 0 Å². The van der Waals surface area contributed by atoms with Crippen molar-refractivity contribution in [2.45, 2.75) is 52.1 Å². The SMILES string of the molecule is C[C@]12C=CC(O)CC1=CC[C@@H]1[C@H]2CC[C@]2(C)C(N)=C(F)C[C@@H]12. The van der Waals surface area contributed by atoms with Crippen LogP contribution in [0, 0.1) is 28.6 Å². The number of hydrogen-bond acceptors (Lipinski definition) is 2. The minimum atomic E-state index is -0.342. The molecule has 1 fully saturated rings. The summed E-state index contributed by atoms with van der Waals surface area (Å²) in [4.78, 5) is 0. The average Bonchev–Trinajstić information content (AvgIpc) is 2.72. The molecule has 0 aromatic heterocycles. The Morgan fingerprint density at radius 2 is 2.05 bits per heavy atom. The number of rotatable bonds is 0. The highest BCUT2D eigenvalue weighted by atomic mass is 19.1. The number of aliphatic hydroxyl groups excluding tert-OH is 1. The maximum absolute atomic E-state index is 14.2. The first kappa shape index (κ1) is 14.5. The Hall–Kier alpha value is -1.09. The van der Waals surface area contributed by atoms with Gasteiger partial charge in [-0.15, -0.1) is 0 Å². The Kier molecular flexibility index (Phi) is 2.95. The summed E-state index contributed by atoms with van der Waals surface area (Å²) in [6.07, 6.45) is 10.5. The minimum Gasteiger partial charge on any atom is -0.400 e. The lowest BCUT2D eigenvalue weighted by Gasteiger charge is -2.55. The van der Waals surface area contributed by atoms with Crippen molar-refractivity contribution in [2.24, 2.45) is 34.3 Å². The molecule has 4 aliphatic rings. The van der Waals surface area contributed by atoms with Gasteiger partial charge >= 0.3 is 0 Å². The van der Waals surface area contributed by atoms with E-state index >= 15 is 0 Å². The molecule has 4 aliphatic carbocycles. The molecule has 0 aromatic carbocycles. The van der Waals surface area contributed by atoms with Gasteiger partial charge in [-0.1, -0.05) is 37.6 Å². The third-order valence-corrected chi connectivity index (χ3v) is 7.33. The molecule has 2 nitrogen and oxygen atoms in total. The normalized spacial score (nSPS) is 50.3. The van der Waals surface area contributed by atoms with E-state index in [9.17, 15) is 9.50 Å². The lowest BCUT2D eigenvalue weighted by molar-refractivity contribution is 0.00325. The minimum absolute atomic E-state index is 0.0390. The standard InChI is InChI=1S/C19H26FNO/c1-18-7-5-12(22)9-11(18)3-4-13-14(18)6-8-19(2)15(13)10-16(20)17(19)21/h3,5,7,12-15,22H,4,6,8-10,21H2,1-2H3/t12?,13-,14-,15+,18+,19+/m1/s1. The van der Waals surface area contributed by atoms with Crippen LogP contribution < -0.4 is 5.73 Å². The molecule has 0 aromatic rings. The van der Waals surface area contributed by atoms with Gasteiger partial charge in [0.05, 0.1) is 6.10 Å². The summed E-state index contributed by atoms with van der Waals surface area (Å²) in [5, 5.41) is 9.92. The van der Waals surface area contributed by atoms with Gasteiger partial charge in [0.1, 0.15) is 5.83 Å². The number of aliphatic hydroxyl groups is 1. The molecular weight excluding hydrogens is 277 g/mol. The van der Waals surface area contributed by atoms with E-state index in [4.69, 9.17) is 5.73 Å². The molecule has 1 unspecified atom stereocenters.